The third-order valence-corrected chi connectivity index (χ3v) is 13.6. The van der Waals surface area contributed by atoms with Gasteiger partial charge in [-0.3, -0.25) is 9.59 Å². The van der Waals surface area contributed by atoms with Gasteiger partial charge in [-0.05, 0) is 93.3 Å². The first kappa shape index (κ1) is 36.7. The number of aromatic nitrogens is 1. The van der Waals surface area contributed by atoms with Gasteiger partial charge in [0.1, 0.15) is 5.75 Å². The van der Waals surface area contributed by atoms with Gasteiger partial charge in [-0.1, -0.05) is 25.3 Å². The molecule has 2 saturated carbocycles. The maximum absolute atomic E-state index is 15.1. The number of rotatable bonds is 8. The Morgan fingerprint density at radius 3 is 2.42 bits per heavy atom. The molecule has 10 nitrogen and oxygen atoms in total. The van der Waals surface area contributed by atoms with E-state index in [0.29, 0.717) is 30.5 Å². The minimum absolute atomic E-state index is 0.142. The van der Waals surface area contributed by atoms with Crippen LogP contribution in [-0.4, -0.2) is 84.2 Å². The van der Waals surface area contributed by atoms with Crippen LogP contribution in [0.25, 0.3) is 22.2 Å². The Hall–Kier alpha value is -3.62. The van der Waals surface area contributed by atoms with E-state index in [9.17, 15) is 31.5 Å². The van der Waals surface area contributed by atoms with Crippen molar-refractivity contribution in [2.75, 3.05) is 21.2 Å². The minimum atomic E-state index is -4.85. The highest BCUT2D eigenvalue weighted by Crippen LogP contribution is 2.66. The van der Waals surface area contributed by atoms with E-state index in [4.69, 9.17) is 4.74 Å². The SMILES string of the molecule is COc1ccc2c(c1)C1CC1(C(=O)N1C(C)CCC1CC(C)(O)C(F)(F)F)Cn1c-2c(C2CCCCC2)c2ccc(C(=O)NS(=O)(=O)N(C)C)cc21. The second kappa shape index (κ2) is 12.8. The van der Waals surface area contributed by atoms with Crippen molar-refractivity contribution in [3.05, 3.63) is 53.1 Å². The van der Waals surface area contributed by atoms with Crippen LogP contribution < -0.4 is 9.46 Å². The van der Waals surface area contributed by atoms with E-state index in [1.165, 1.54) is 14.1 Å². The predicted octanol–water partition coefficient (Wildman–Crippen LogP) is 6.47. The number of nitrogens with zero attached hydrogens (tertiary/aromatic N) is 3. The largest absolute Gasteiger partial charge is 0.497 e. The number of amides is 2. The van der Waals surface area contributed by atoms with Crippen LogP contribution in [0.1, 0.15) is 105 Å². The number of hydrogen-bond donors (Lipinski definition) is 2. The average Bonchev–Trinajstić information content (AvgIpc) is 3.63. The summed E-state index contributed by atoms with van der Waals surface area (Å²) in [6, 6.07) is 9.96. The number of methoxy groups -OCH3 is 1. The van der Waals surface area contributed by atoms with E-state index >= 15 is 4.79 Å². The van der Waals surface area contributed by atoms with Gasteiger partial charge >= 0.3 is 16.4 Å². The molecule has 2 N–H and O–H groups in total. The third kappa shape index (κ3) is 5.98. The topological polar surface area (TPSA) is 121 Å². The molecule has 14 heteroatoms. The molecule has 5 unspecified atom stereocenters. The Labute approximate surface area is 302 Å². The molecule has 4 aliphatic rings. The Morgan fingerprint density at radius 2 is 1.77 bits per heavy atom. The van der Waals surface area contributed by atoms with Gasteiger partial charge in [0.2, 0.25) is 5.91 Å². The number of nitrogens with one attached hydrogen (secondary N) is 1. The Balaban J connectivity index is 1.40. The van der Waals surface area contributed by atoms with Crippen LogP contribution in [-0.2, 0) is 21.5 Å². The first-order valence-corrected chi connectivity index (χ1v) is 19.5. The normalized spacial score (nSPS) is 26.0. The maximum atomic E-state index is 15.1. The highest BCUT2D eigenvalue weighted by atomic mass is 32.2. The molecule has 52 heavy (non-hydrogen) atoms. The number of fused-ring (bicyclic) bond motifs is 7. The summed E-state index contributed by atoms with van der Waals surface area (Å²) in [7, 11) is 0.167. The van der Waals surface area contributed by atoms with Gasteiger partial charge in [0.25, 0.3) is 5.91 Å². The van der Waals surface area contributed by atoms with Crippen molar-refractivity contribution < 1.29 is 41.0 Å². The number of carbonyl (C=O) groups excluding carboxylic acids is 2. The van der Waals surface area contributed by atoms with Crippen molar-refractivity contribution >= 4 is 32.9 Å². The van der Waals surface area contributed by atoms with E-state index in [-0.39, 0.29) is 35.9 Å². The highest BCUT2D eigenvalue weighted by Gasteiger charge is 2.65. The fourth-order valence-corrected chi connectivity index (χ4v) is 9.69. The summed E-state index contributed by atoms with van der Waals surface area (Å²) in [5.74, 6) is -0.424. The lowest BCUT2D eigenvalue weighted by molar-refractivity contribution is -0.258. The van der Waals surface area contributed by atoms with Crippen molar-refractivity contribution in [3.63, 3.8) is 0 Å². The highest BCUT2D eigenvalue weighted by molar-refractivity contribution is 7.87. The van der Waals surface area contributed by atoms with E-state index in [2.05, 4.69) is 9.29 Å². The third-order valence-electron chi connectivity index (χ3n) is 12.2. The lowest BCUT2D eigenvalue weighted by atomic mass is 9.81. The van der Waals surface area contributed by atoms with Crippen LogP contribution in [0.3, 0.4) is 0 Å². The summed E-state index contributed by atoms with van der Waals surface area (Å²) in [4.78, 5) is 30.1. The monoisotopic (exact) mass is 744 g/mol. The molecule has 3 aromatic rings. The Morgan fingerprint density at radius 1 is 1.06 bits per heavy atom. The van der Waals surface area contributed by atoms with Gasteiger partial charge in [-0.2, -0.15) is 25.9 Å². The molecule has 2 aliphatic heterocycles. The predicted molar refractivity (Wildman–Crippen MR) is 190 cm³/mol. The number of benzene rings is 2. The minimum Gasteiger partial charge on any atom is -0.497 e. The molecular formula is C38H47F3N4O6S. The van der Waals surface area contributed by atoms with Gasteiger partial charge in [0, 0.05) is 67.1 Å². The number of ether oxygens (including phenoxy) is 1. The molecule has 0 spiro atoms. The second-order valence-corrected chi connectivity index (χ2v) is 17.7. The number of likely N-dealkylation sites (tertiary alicyclic amines) is 1. The second-order valence-electron chi connectivity index (χ2n) is 15.8. The van der Waals surface area contributed by atoms with Gasteiger partial charge in [0.15, 0.2) is 5.60 Å². The van der Waals surface area contributed by atoms with Crippen LogP contribution >= 0.6 is 0 Å². The summed E-state index contributed by atoms with van der Waals surface area (Å²) in [5.41, 5.74) is 0.834. The fraction of sp³-hybridized carbons (Fsp3) is 0.579. The van der Waals surface area contributed by atoms with Crippen molar-refractivity contribution in [1.29, 1.82) is 0 Å². The summed E-state index contributed by atoms with van der Waals surface area (Å²) < 4.78 is 77.7. The van der Waals surface area contributed by atoms with Crippen LogP contribution in [0.15, 0.2) is 36.4 Å². The quantitative estimate of drug-likeness (QED) is 0.273. The Bertz CT molecular complexity index is 2040. The summed E-state index contributed by atoms with van der Waals surface area (Å²) >= 11 is 0. The molecule has 7 rings (SSSR count). The van der Waals surface area contributed by atoms with Gasteiger partial charge in [-0.25, -0.2) is 4.72 Å². The molecule has 2 aromatic carbocycles. The van der Waals surface area contributed by atoms with Gasteiger partial charge < -0.3 is 19.3 Å². The summed E-state index contributed by atoms with van der Waals surface area (Å²) in [6.45, 7) is 2.85. The molecule has 282 valence electrons. The number of hydrogen-bond acceptors (Lipinski definition) is 6. The van der Waals surface area contributed by atoms with E-state index < -0.39 is 45.8 Å². The number of carbonyl (C=O) groups is 2. The van der Waals surface area contributed by atoms with Crippen LogP contribution in [0.2, 0.25) is 0 Å². The van der Waals surface area contributed by atoms with Crippen molar-refractivity contribution in [1.82, 2.24) is 18.5 Å². The molecular weight excluding hydrogens is 698 g/mol. The molecule has 2 aliphatic carbocycles. The standard InChI is InChI=1S/C38H47F3N4O6S/c1-22-11-13-25(19-36(2,48)38(39,40)41)45(22)35(47)37-20-30(37)29-18-26(51-5)14-16-27(29)33-32(23-9-7-6-8-10-23)28-15-12-24(17-31(28)44(33)21-37)34(46)42-52(49,50)43(3)4/h12,14-18,22-23,25,30,48H,6-11,13,19-21H2,1-5H3,(H,42,46). The molecule has 0 radical (unpaired) electrons. The van der Waals surface area contributed by atoms with Crippen molar-refractivity contribution in [2.45, 2.75) is 114 Å². The van der Waals surface area contributed by atoms with Gasteiger partial charge in [-0.15, -0.1) is 0 Å². The smallest absolute Gasteiger partial charge is 0.416 e. The zero-order valence-electron chi connectivity index (χ0n) is 30.2. The van der Waals surface area contributed by atoms with E-state index in [1.54, 1.807) is 24.1 Å². The molecule has 2 amide bonds. The van der Waals surface area contributed by atoms with Crippen molar-refractivity contribution in [3.8, 4) is 17.0 Å². The molecule has 3 heterocycles. The zero-order chi connectivity index (χ0) is 37.5. The lowest BCUT2D eigenvalue weighted by Gasteiger charge is -2.37. The first-order chi connectivity index (χ1) is 24.4. The lowest BCUT2D eigenvalue weighted by Crippen LogP contribution is -2.51. The van der Waals surface area contributed by atoms with E-state index in [0.717, 1.165) is 71.1 Å². The van der Waals surface area contributed by atoms with Crippen LogP contribution in [0.5, 0.6) is 5.75 Å². The molecule has 5 atom stereocenters. The van der Waals surface area contributed by atoms with Crippen LogP contribution in [0, 0.1) is 5.41 Å². The van der Waals surface area contributed by atoms with Crippen LogP contribution in [0.4, 0.5) is 13.2 Å². The average molecular weight is 745 g/mol. The number of halogens is 3. The Kier molecular flexibility index (Phi) is 9.01. The molecule has 0 bridgehead atoms. The fourth-order valence-electron chi connectivity index (χ4n) is 9.16. The van der Waals surface area contributed by atoms with E-state index in [1.807, 2.05) is 31.2 Å². The zero-order valence-corrected chi connectivity index (χ0v) is 31.0. The molecule has 1 saturated heterocycles. The molecule has 1 aromatic heterocycles. The number of alkyl halides is 3. The van der Waals surface area contributed by atoms with Gasteiger partial charge in [0.05, 0.1) is 18.2 Å². The molecule has 3 fully saturated rings. The first-order valence-electron chi connectivity index (χ1n) is 18.1. The summed E-state index contributed by atoms with van der Waals surface area (Å²) in [6.07, 6.45) is 1.09. The maximum Gasteiger partial charge on any atom is 0.416 e. The number of aliphatic hydroxyl groups is 1. The summed E-state index contributed by atoms with van der Waals surface area (Å²) in [5, 5.41) is 11.4. The van der Waals surface area contributed by atoms with Crippen molar-refractivity contribution in [2.24, 2.45) is 5.41 Å².